The van der Waals surface area contributed by atoms with Gasteiger partial charge in [-0.3, -0.25) is 10.2 Å². The molecule has 1 atom stereocenters. The fourth-order valence-electron chi connectivity index (χ4n) is 2.09. The van der Waals surface area contributed by atoms with E-state index in [2.05, 4.69) is 21.4 Å². The maximum Gasteiger partial charge on any atom is 0.279 e. The summed E-state index contributed by atoms with van der Waals surface area (Å²) in [5.41, 5.74) is 4.99. The predicted octanol–water partition coefficient (Wildman–Crippen LogP) is 3.18. The number of hydrogen-bond acceptors (Lipinski definition) is 3. The van der Waals surface area contributed by atoms with Crippen molar-refractivity contribution >= 4 is 21.8 Å². The maximum absolute atomic E-state index is 12.0. The summed E-state index contributed by atoms with van der Waals surface area (Å²) in [7, 11) is 0. The third kappa shape index (κ3) is 3.62. The first-order chi connectivity index (χ1) is 10.0. The van der Waals surface area contributed by atoms with Crippen LogP contribution >= 0.6 is 15.9 Å². The predicted molar refractivity (Wildman–Crippen MR) is 85.8 cm³/mol. The average Bonchev–Trinajstić information content (AvgIpc) is 2.50. The van der Waals surface area contributed by atoms with E-state index in [1.54, 1.807) is 0 Å². The molecule has 110 valence electrons. The standard InChI is InChI=1S/C16H17BrN2O2/c1-10-8-13(9-11(2)14(10)17)21-15(16(20)19-18)12-6-4-3-5-7-12/h3-9,15H,18H2,1-2H3,(H,19,20). The van der Waals surface area contributed by atoms with E-state index in [1.165, 1.54) is 0 Å². The minimum Gasteiger partial charge on any atom is -0.476 e. The minimum absolute atomic E-state index is 0.389. The Morgan fingerprint density at radius 1 is 1.19 bits per heavy atom. The number of halogens is 1. The number of hydrazine groups is 1. The summed E-state index contributed by atoms with van der Waals surface area (Å²) < 4.78 is 6.89. The van der Waals surface area contributed by atoms with Gasteiger partial charge in [-0.05, 0) is 37.1 Å². The van der Waals surface area contributed by atoms with E-state index in [1.807, 2.05) is 56.3 Å². The molecule has 2 aromatic carbocycles. The molecule has 1 unspecified atom stereocenters. The van der Waals surface area contributed by atoms with Crippen LogP contribution in [0, 0.1) is 13.8 Å². The lowest BCUT2D eigenvalue weighted by Gasteiger charge is -2.19. The lowest BCUT2D eigenvalue weighted by molar-refractivity contribution is -0.128. The molecule has 0 spiro atoms. The molecule has 0 fully saturated rings. The molecule has 2 rings (SSSR count). The van der Waals surface area contributed by atoms with E-state index in [9.17, 15) is 4.79 Å². The lowest BCUT2D eigenvalue weighted by atomic mass is 10.1. The van der Waals surface area contributed by atoms with Crippen molar-refractivity contribution in [2.24, 2.45) is 5.84 Å². The van der Waals surface area contributed by atoms with Crippen molar-refractivity contribution in [3.63, 3.8) is 0 Å². The van der Waals surface area contributed by atoms with Gasteiger partial charge in [0.15, 0.2) is 0 Å². The Balaban J connectivity index is 2.34. The Morgan fingerprint density at radius 3 is 2.29 bits per heavy atom. The first kappa shape index (κ1) is 15.5. The van der Waals surface area contributed by atoms with E-state index in [0.29, 0.717) is 5.75 Å². The maximum atomic E-state index is 12.0. The summed E-state index contributed by atoms with van der Waals surface area (Å²) in [6, 6.07) is 13.0. The third-order valence-corrected chi connectivity index (χ3v) is 4.40. The van der Waals surface area contributed by atoms with Crippen LogP contribution in [0.25, 0.3) is 0 Å². The van der Waals surface area contributed by atoms with Crippen LogP contribution in [0.2, 0.25) is 0 Å². The van der Waals surface area contributed by atoms with Crippen molar-refractivity contribution in [1.82, 2.24) is 5.43 Å². The van der Waals surface area contributed by atoms with Crippen LogP contribution in [0.5, 0.6) is 5.75 Å². The van der Waals surface area contributed by atoms with Crippen LogP contribution in [0.3, 0.4) is 0 Å². The minimum atomic E-state index is -0.781. The van der Waals surface area contributed by atoms with Gasteiger partial charge in [0.05, 0.1) is 0 Å². The molecule has 2 aromatic rings. The van der Waals surface area contributed by atoms with Crippen molar-refractivity contribution in [1.29, 1.82) is 0 Å². The van der Waals surface area contributed by atoms with Gasteiger partial charge in [0.25, 0.3) is 5.91 Å². The van der Waals surface area contributed by atoms with Gasteiger partial charge in [0.2, 0.25) is 6.10 Å². The van der Waals surface area contributed by atoms with Crippen LogP contribution in [-0.2, 0) is 4.79 Å². The summed E-state index contributed by atoms with van der Waals surface area (Å²) in [6.45, 7) is 3.95. The third-order valence-electron chi connectivity index (χ3n) is 3.15. The van der Waals surface area contributed by atoms with Crippen molar-refractivity contribution < 1.29 is 9.53 Å². The monoisotopic (exact) mass is 348 g/mol. The molecule has 0 saturated heterocycles. The molecule has 0 heterocycles. The first-order valence-electron chi connectivity index (χ1n) is 6.51. The first-order valence-corrected chi connectivity index (χ1v) is 7.31. The highest BCUT2D eigenvalue weighted by molar-refractivity contribution is 9.10. The van der Waals surface area contributed by atoms with Gasteiger partial charge in [-0.15, -0.1) is 0 Å². The van der Waals surface area contributed by atoms with Gasteiger partial charge < -0.3 is 4.74 Å². The molecule has 21 heavy (non-hydrogen) atoms. The van der Waals surface area contributed by atoms with E-state index in [4.69, 9.17) is 10.6 Å². The largest absolute Gasteiger partial charge is 0.476 e. The van der Waals surface area contributed by atoms with Crippen LogP contribution in [-0.4, -0.2) is 5.91 Å². The van der Waals surface area contributed by atoms with Crippen LogP contribution in [0.1, 0.15) is 22.8 Å². The highest BCUT2D eigenvalue weighted by Gasteiger charge is 2.22. The van der Waals surface area contributed by atoms with E-state index >= 15 is 0 Å². The number of amides is 1. The number of nitrogens with two attached hydrogens (primary N) is 1. The van der Waals surface area contributed by atoms with Crippen molar-refractivity contribution in [3.05, 3.63) is 63.6 Å². The van der Waals surface area contributed by atoms with E-state index in [0.717, 1.165) is 21.2 Å². The molecular weight excluding hydrogens is 332 g/mol. The molecule has 0 aromatic heterocycles. The molecule has 0 bridgehead atoms. The highest BCUT2D eigenvalue weighted by Crippen LogP contribution is 2.29. The summed E-state index contributed by atoms with van der Waals surface area (Å²) in [4.78, 5) is 12.0. The molecule has 0 aliphatic carbocycles. The lowest BCUT2D eigenvalue weighted by Crippen LogP contribution is -2.37. The van der Waals surface area contributed by atoms with Crippen LogP contribution < -0.4 is 16.0 Å². The summed E-state index contributed by atoms with van der Waals surface area (Å²) in [5, 5.41) is 0. The quantitative estimate of drug-likeness (QED) is 0.506. The highest BCUT2D eigenvalue weighted by atomic mass is 79.9. The number of carbonyl (C=O) groups is 1. The molecule has 4 nitrogen and oxygen atoms in total. The Bertz CT molecular complexity index is 621. The number of benzene rings is 2. The molecule has 1 amide bonds. The van der Waals surface area contributed by atoms with Gasteiger partial charge in [0, 0.05) is 10.0 Å². The summed E-state index contributed by atoms with van der Waals surface area (Å²) in [5.74, 6) is 5.50. The second kappa shape index (κ2) is 6.74. The van der Waals surface area contributed by atoms with Crippen LogP contribution in [0.15, 0.2) is 46.9 Å². The number of nitrogens with one attached hydrogen (secondary N) is 1. The molecule has 0 saturated carbocycles. The zero-order valence-electron chi connectivity index (χ0n) is 11.9. The van der Waals surface area contributed by atoms with E-state index in [-0.39, 0.29) is 5.91 Å². The second-order valence-corrected chi connectivity index (χ2v) is 5.58. The Labute approximate surface area is 132 Å². The van der Waals surface area contributed by atoms with Gasteiger partial charge in [-0.1, -0.05) is 46.3 Å². The Hall–Kier alpha value is -1.85. The molecule has 5 heteroatoms. The molecule has 0 aliphatic rings. The van der Waals surface area contributed by atoms with Gasteiger partial charge in [-0.2, -0.15) is 0 Å². The average molecular weight is 349 g/mol. The second-order valence-electron chi connectivity index (χ2n) is 4.79. The zero-order chi connectivity index (χ0) is 15.4. The normalized spacial score (nSPS) is 11.8. The summed E-state index contributed by atoms with van der Waals surface area (Å²) in [6.07, 6.45) is -0.781. The van der Waals surface area contributed by atoms with Gasteiger partial charge in [-0.25, -0.2) is 5.84 Å². The Morgan fingerprint density at radius 2 is 1.76 bits per heavy atom. The smallest absolute Gasteiger partial charge is 0.279 e. The van der Waals surface area contributed by atoms with Crippen molar-refractivity contribution in [2.75, 3.05) is 0 Å². The number of carbonyl (C=O) groups excluding carboxylic acids is 1. The fraction of sp³-hybridized carbons (Fsp3) is 0.188. The van der Waals surface area contributed by atoms with Gasteiger partial charge in [0.1, 0.15) is 5.75 Å². The molecule has 0 aliphatic heterocycles. The molecular formula is C16H17BrN2O2. The van der Waals surface area contributed by atoms with E-state index < -0.39 is 6.10 Å². The number of rotatable bonds is 4. The number of ether oxygens (including phenoxy) is 1. The van der Waals surface area contributed by atoms with Crippen LogP contribution in [0.4, 0.5) is 0 Å². The topological polar surface area (TPSA) is 64.3 Å². The van der Waals surface area contributed by atoms with Gasteiger partial charge >= 0.3 is 0 Å². The van der Waals surface area contributed by atoms with Crippen molar-refractivity contribution in [3.8, 4) is 5.75 Å². The molecule has 0 radical (unpaired) electrons. The Kier molecular flexibility index (Phi) is 4.98. The summed E-state index contributed by atoms with van der Waals surface area (Å²) >= 11 is 3.51. The molecule has 3 N–H and O–H groups in total. The number of hydrogen-bond donors (Lipinski definition) is 2. The SMILES string of the molecule is Cc1cc(OC(C(=O)NN)c2ccccc2)cc(C)c1Br. The zero-order valence-corrected chi connectivity index (χ0v) is 13.5. The van der Waals surface area contributed by atoms with Crippen molar-refractivity contribution in [2.45, 2.75) is 20.0 Å². The number of aryl methyl sites for hydroxylation is 2. The fourth-order valence-corrected chi connectivity index (χ4v) is 2.32.